The summed E-state index contributed by atoms with van der Waals surface area (Å²) < 4.78 is 294. The molecule has 0 saturated heterocycles. The number of benzene rings is 4. The summed E-state index contributed by atoms with van der Waals surface area (Å²) in [6.45, 7) is 9.96. The second-order valence-corrected chi connectivity index (χ2v) is 17.1. The molecule has 0 bridgehead atoms. The van der Waals surface area contributed by atoms with Crippen molar-refractivity contribution >= 4 is 28.0 Å². The van der Waals surface area contributed by atoms with E-state index in [0.29, 0.717) is 10.8 Å². The highest BCUT2D eigenvalue weighted by molar-refractivity contribution is 7.20. The van der Waals surface area contributed by atoms with Gasteiger partial charge in [0.2, 0.25) is 0 Å². The minimum Gasteiger partial charge on any atom is -0.341 e. The molecule has 2 aliphatic rings. The minimum atomic E-state index is -7.22. The highest BCUT2D eigenvalue weighted by Gasteiger charge is 2.52. The Morgan fingerprint density at radius 3 is 0.652 bits per heavy atom. The maximum atomic E-state index is 15.4. The monoisotopic (exact) mass is 973 g/mol. The Kier molecular flexibility index (Phi) is 15.6. The smallest absolute Gasteiger partial charge is 0.200 e. The van der Waals surface area contributed by atoms with E-state index in [-0.39, 0.29) is 0 Å². The standard InChI is InChI=1S/C24BF20.C20H39N/c26-5-1(6(27)14(35)21(42)13(5)34)25(2-7(28)15(36)22(43)16(37)8(2)29,3-9(30)17(38)23(44)18(39)10(3)31)4-11(32)19(40)24(45)20(41)12(4)33;1-5-19(13-9-7-10-14-19)17(3)21-18(4)20(6-2)15-11-8-12-16-20/h;17-18,21H,5-16H2,1-4H3/q-1;/p+1. The first-order valence-corrected chi connectivity index (χ1v) is 20.9. The van der Waals surface area contributed by atoms with Gasteiger partial charge in [-0.1, -0.05) is 52.4 Å². The maximum Gasteiger partial charge on any atom is 0.200 e. The fourth-order valence-electron chi connectivity index (χ4n) is 10.5. The zero-order valence-electron chi connectivity index (χ0n) is 35.4. The van der Waals surface area contributed by atoms with Gasteiger partial charge < -0.3 is 5.32 Å². The van der Waals surface area contributed by atoms with Crippen LogP contribution in [0.25, 0.3) is 0 Å². The molecular weight excluding hydrogens is 933 g/mol. The zero-order valence-corrected chi connectivity index (χ0v) is 35.4. The van der Waals surface area contributed by atoms with Crippen molar-refractivity contribution in [2.45, 2.75) is 117 Å². The van der Waals surface area contributed by atoms with E-state index in [2.05, 4.69) is 33.0 Å². The Morgan fingerprint density at radius 2 is 0.485 bits per heavy atom. The second-order valence-electron chi connectivity index (χ2n) is 17.1. The Morgan fingerprint density at radius 1 is 0.318 bits per heavy atom. The molecule has 0 aromatic heterocycles. The van der Waals surface area contributed by atoms with Crippen molar-refractivity contribution in [1.82, 2.24) is 0 Å². The molecule has 22 heteroatoms. The zero-order chi connectivity index (χ0) is 49.7. The van der Waals surface area contributed by atoms with Crippen molar-refractivity contribution in [3.05, 3.63) is 116 Å². The van der Waals surface area contributed by atoms with Crippen LogP contribution < -0.4 is 27.2 Å². The fraction of sp³-hybridized carbons (Fsp3) is 0.455. The molecule has 6 rings (SSSR count). The molecule has 0 aliphatic heterocycles. The first-order chi connectivity index (χ1) is 30.8. The van der Waals surface area contributed by atoms with E-state index in [1.165, 1.54) is 77.0 Å². The lowest BCUT2D eigenvalue weighted by Crippen LogP contribution is -2.98. The van der Waals surface area contributed by atoms with Gasteiger partial charge in [-0.05, 0) is 52.4 Å². The first-order valence-electron chi connectivity index (χ1n) is 20.9. The molecule has 2 aliphatic carbocycles. The molecule has 2 fully saturated rings. The summed E-state index contributed by atoms with van der Waals surface area (Å²) in [6.07, 6.45) is 10.3. The summed E-state index contributed by atoms with van der Waals surface area (Å²) in [4.78, 5) is 0. The van der Waals surface area contributed by atoms with Crippen LogP contribution in [0.3, 0.4) is 0 Å². The largest absolute Gasteiger partial charge is 0.341 e. The average molecular weight is 974 g/mol. The Balaban J connectivity index is 0.000000324. The molecule has 2 N–H and O–H groups in total. The number of quaternary nitrogens is 1. The van der Waals surface area contributed by atoms with Crippen LogP contribution in [-0.4, -0.2) is 18.2 Å². The predicted molar refractivity (Wildman–Crippen MR) is 202 cm³/mol. The molecule has 2 atom stereocenters. The van der Waals surface area contributed by atoms with E-state index in [1.807, 2.05) is 0 Å². The van der Waals surface area contributed by atoms with Gasteiger partial charge in [-0.3, -0.25) is 0 Å². The van der Waals surface area contributed by atoms with E-state index >= 15 is 35.1 Å². The summed E-state index contributed by atoms with van der Waals surface area (Å²) >= 11 is 0. The van der Waals surface area contributed by atoms with Crippen LogP contribution in [0.5, 0.6) is 0 Å². The van der Waals surface area contributed by atoms with E-state index < -0.39 is 144 Å². The number of hydrogen-bond acceptors (Lipinski definition) is 0. The molecule has 2 unspecified atom stereocenters. The summed E-state index contributed by atoms with van der Waals surface area (Å²) in [7, 11) is 0. The van der Waals surface area contributed by atoms with Crippen molar-refractivity contribution in [3.63, 3.8) is 0 Å². The van der Waals surface area contributed by atoms with E-state index in [0.717, 1.165) is 12.1 Å². The molecule has 0 spiro atoms. The third-order valence-electron chi connectivity index (χ3n) is 14.3. The quantitative estimate of drug-likeness (QED) is 0.0706. The molecule has 0 heterocycles. The van der Waals surface area contributed by atoms with Gasteiger partial charge in [0.1, 0.15) is 52.7 Å². The SMILES string of the molecule is CCC1(C(C)[NH2+]C(C)C2(CC)CCCCC2)CCCCC1.Fc1c(F)c(F)c([B-](c2c(F)c(F)c(F)c(F)c2F)(c2c(F)c(F)c(F)c(F)c2F)c2c(F)c(F)c(F)c(F)c2F)c(F)c1F. The number of nitrogens with two attached hydrogens (primary N) is 1. The maximum absolute atomic E-state index is 15.4. The average Bonchev–Trinajstić information content (AvgIpc) is 3.31. The van der Waals surface area contributed by atoms with Crippen molar-refractivity contribution in [2.75, 3.05) is 0 Å². The van der Waals surface area contributed by atoms with E-state index in [1.54, 1.807) is 0 Å². The lowest BCUT2D eigenvalue weighted by molar-refractivity contribution is -0.741. The molecule has 2 saturated carbocycles. The third kappa shape index (κ3) is 8.21. The van der Waals surface area contributed by atoms with Gasteiger partial charge in [0.15, 0.2) is 69.8 Å². The molecule has 0 radical (unpaired) electrons. The molecule has 4 aromatic carbocycles. The van der Waals surface area contributed by atoms with Crippen molar-refractivity contribution in [3.8, 4) is 0 Å². The van der Waals surface area contributed by atoms with Crippen molar-refractivity contribution in [2.24, 2.45) is 10.8 Å². The molecule has 4 aromatic rings. The summed E-state index contributed by atoms with van der Waals surface area (Å²) in [5, 5.41) is 2.80. The predicted octanol–water partition coefficient (Wildman–Crippen LogP) is 10.9. The van der Waals surface area contributed by atoms with E-state index in [9.17, 15) is 52.7 Å². The summed E-state index contributed by atoms with van der Waals surface area (Å²) in [6, 6.07) is 1.62. The lowest BCUT2D eigenvalue weighted by atomic mass is 9.12. The fourth-order valence-corrected chi connectivity index (χ4v) is 10.5. The minimum absolute atomic E-state index is 0.635. The molecule has 1 nitrogen and oxygen atoms in total. The van der Waals surface area contributed by atoms with Crippen LogP contribution in [0, 0.1) is 127 Å². The van der Waals surface area contributed by atoms with Gasteiger partial charge in [-0.2, -0.15) is 0 Å². The number of rotatable bonds is 10. The first kappa shape index (κ1) is 52.5. The van der Waals surface area contributed by atoms with Crippen LogP contribution in [0.1, 0.15) is 105 Å². The molecule has 0 amide bonds. The Bertz CT molecular complexity index is 2090. The van der Waals surface area contributed by atoms with Gasteiger partial charge in [-0.15, -0.1) is 21.9 Å². The molecule has 66 heavy (non-hydrogen) atoms. The number of halogens is 20. The van der Waals surface area contributed by atoms with Crippen LogP contribution in [0.15, 0.2) is 0 Å². The van der Waals surface area contributed by atoms with Gasteiger partial charge in [-0.25, -0.2) is 87.8 Å². The third-order valence-corrected chi connectivity index (χ3v) is 14.3. The highest BCUT2D eigenvalue weighted by Crippen LogP contribution is 2.44. The van der Waals surface area contributed by atoms with Crippen LogP contribution in [0.4, 0.5) is 87.8 Å². The molecular formula is C44H40BF20N. The molecule has 364 valence electrons. The Labute approximate surface area is 364 Å². The van der Waals surface area contributed by atoms with Crippen LogP contribution in [-0.2, 0) is 0 Å². The van der Waals surface area contributed by atoms with E-state index in [4.69, 9.17) is 0 Å². The Hall–Kier alpha value is -4.50. The van der Waals surface area contributed by atoms with Gasteiger partial charge >= 0.3 is 0 Å². The topological polar surface area (TPSA) is 16.6 Å². The highest BCUT2D eigenvalue weighted by atomic mass is 19.2. The van der Waals surface area contributed by atoms with Gasteiger partial charge in [0, 0.05) is 10.8 Å². The van der Waals surface area contributed by atoms with Crippen molar-refractivity contribution < 1.29 is 93.1 Å². The number of hydrogen-bond donors (Lipinski definition) is 1. The van der Waals surface area contributed by atoms with Gasteiger partial charge in [0.05, 0.1) is 12.1 Å². The summed E-state index contributed by atoms with van der Waals surface area (Å²) in [5.41, 5.74) is -13.1. The lowest BCUT2D eigenvalue weighted by Gasteiger charge is -2.45. The van der Waals surface area contributed by atoms with Crippen LogP contribution in [0.2, 0.25) is 0 Å². The summed E-state index contributed by atoms with van der Waals surface area (Å²) in [5.74, 6) is -71.4. The normalized spacial score (nSPS) is 17.1. The second kappa shape index (κ2) is 19.6. The van der Waals surface area contributed by atoms with Crippen LogP contribution >= 0.6 is 0 Å². The van der Waals surface area contributed by atoms with Gasteiger partial charge in [0.25, 0.3) is 0 Å². The van der Waals surface area contributed by atoms with Crippen molar-refractivity contribution in [1.29, 1.82) is 0 Å².